The van der Waals surface area contributed by atoms with Crippen LogP contribution >= 0.6 is 0 Å². The Balaban J connectivity index is 1.60. The van der Waals surface area contributed by atoms with Crippen LogP contribution in [0.15, 0.2) is 37.0 Å². The molecule has 0 spiro atoms. The van der Waals surface area contributed by atoms with Gasteiger partial charge in [-0.15, -0.1) is 0 Å². The van der Waals surface area contributed by atoms with E-state index >= 15 is 0 Å². The molecule has 0 radical (unpaired) electrons. The third kappa shape index (κ3) is 4.87. The van der Waals surface area contributed by atoms with Gasteiger partial charge in [-0.25, -0.2) is 13.8 Å². The molecule has 1 fully saturated rings. The molecule has 150 valence electrons. The zero-order chi connectivity index (χ0) is 20.1. The number of pyridine rings is 1. The van der Waals surface area contributed by atoms with E-state index in [2.05, 4.69) is 46.6 Å². The fourth-order valence-corrected chi connectivity index (χ4v) is 3.52. The van der Waals surface area contributed by atoms with Gasteiger partial charge in [0.1, 0.15) is 5.82 Å². The smallest absolute Gasteiger partial charge is 0.159 e. The van der Waals surface area contributed by atoms with Gasteiger partial charge in [0.05, 0.1) is 0 Å². The monoisotopic (exact) mass is 386 g/mol. The van der Waals surface area contributed by atoms with Crippen molar-refractivity contribution < 1.29 is 8.78 Å². The predicted molar refractivity (Wildman–Crippen MR) is 110 cm³/mol. The van der Waals surface area contributed by atoms with Gasteiger partial charge in [-0.05, 0) is 49.2 Å². The molecule has 2 heterocycles. The zero-order valence-corrected chi connectivity index (χ0v) is 16.6. The third-order valence-electron chi connectivity index (χ3n) is 5.10. The summed E-state index contributed by atoms with van der Waals surface area (Å²) in [5, 5.41) is 3.16. The second-order valence-electron chi connectivity index (χ2n) is 7.27. The minimum Gasteiger partial charge on any atom is -0.381 e. The summed E-state index contributed by atoms with van der Waals surface area (Å²) >= 11 is 0. The molecule has 1 aromatic heterocycles. The SMILES string of the molecule is C=C(NCc1ccc(F)c(F)c1)c1cnc(N2CCN(CCC)CC2)c(C)c1. The number of piperazine rings is 1. The van der Waals surface area contributed by atoms with Crippen LogP contribution in [0.2, 0.25) is 0 Å². The van der Waals surface area contributed by atoms with Crippen molar-refractivity contribution in [1.29, 1.82) is 0 Å². The maximum absolute atomic E-state index is 13.3. The Morgan fingerprint density at radius 3 is 2.54 bits per heavy atom. The van der Waals surface area contributed by atoms with Crippen LogP contribution in [0.4, 0.5) is 14.6 Å². The molecule has 0 unspecified atom stereocenters. The molecule has 0 amide bonds. The summed E-state index contributed by atoms with van der Waals surface area (Å²) in [6.45, 7) is 14.0. The summed E-state index contributed by atoms with van der Waals surface area (Å²) in [4.78, 5) is 9.50. The minimum absolute atomic E-state index is 0.371. The van der Waals surface area contributed by atoms with E-state index < -0.39 is 11.6 Å². The fourth-order valence-electron chi connectivity index (χ4n) is 3.52. The molecule has 1 aromatic carbocycles. The van der Waals surface area contributed by atoms with Gasteiger partial charge in [0.2, 0.25) is 0 Å². The second-order valence-corrected chi connectivity index (χ2v) is 7.27. The molecule has 1 N–H and O–H groups in total. The van der Waals surface area contributed by atoms with Gasteiger partial charge in [0.25, 0.3) is 0 Å². The summed E-state index contributed by atoms with van der Waals surface area (Å²) in [6.07, 6.45) is 3.01. The van der Waals surface area contributed by atoms with Gasteiger partial charge in [-0.1, -0.05) is 19.6 Å². The largest absolute Gasteiger partial charge is 0.381 e. The van der Waals surface area contributed by atoms with Crippen LogP contribution in [-0.2, 0) is 6.54 Å². The van der Waals surface area contributed by atoms with Crippen molar-refractivity contribution in [2.45, 2.75) is 26.8 Å². The third-order valence-corrected chi connectivity index (χ3v) is 5.10. The molecule has 1 aliphatic heterocycles. The fraction of sp³-hybridized carbons (Fsp3) is 0.409. The van der Waals surface area contributed by atoms with Crippen molar-refractivity contribution in [3.05, 3.63) is 65.4 Å². The van der Waals surface area contributed by atoms with E-state index in [0.717, 1.165) is 55.7 Å². The highest BCUT2D eigenvalue weighted by molar-refractivity contribution is 5.64. The summed E-state index contributed by atoms with van der Waals surface area (Å²) in [7, 11) is 0. The van der Waals surface area contributed by atoms with E-state index in [1.54, 1.807) is 6.07 Å². The Bertz CT molecular complexity index is 829. The van der Waals surface area contributed by atoms with E-state index in [1.807, 2.05) is 6.20 Å². The number of rotatable bonds is 7. The molecule has 0 atom stereocenters. The van der Waals surface area contributed by atoms with Gasteiger partial charge in [0, 0.05) is 50.2 Å². The van der Waals surface area contributed by atoms with E-state index in [1.165, 1.54) is 12.5 Å². The quantitative estimate of drug-likeness (QED) is 0.781. The van der Waals surface area contributed by atoms with E-state index in [-0.39, 0.29) is 0 Å². The normalized spacial score (nSPS) is 14.9. The van der Waals surface area contributed by atoms with Crippen LogP contribution in [0, 0.1) is 18.6 Å². The average molecular weight is 386 g/mol. The molecule has 3 rings (SSSR count). The van der Waals surface area contributed by atoms with Gasteiger partial charge < -0.3 is 10.2 Å². The van der Waals surface area contributed by atoms with Crippen LogP contribution in [0.1, 0.15) is 30.0 Å². The van der Waals surface area contributed by atoms with Crippen molar-refractivity contribution in [3.8, 4) is 0 Å². The molecular formula is C22H28F2N4. The number of nitrogens with one attached hydrogen (secondary N) is 1. The Kier molecular flexibility index (Phi) is 6.62. The number of halogens is 2. The maximum Gasteiger partial charge on any atom is 0.159 e. The molecule has 0 aliphatic carbocycles. The van der Waals surface area contributed by atoms with Gasteiger partial charge in [-0.3, -0.25) is 4.90 Å². The molecule has 28 heavy (non-hydrogen) atoms. The van der Waals surface area contributed by atoms with Crippen LogP contribution in [0.25, 0.3) is 5.70 Å². The number of benzene rings is 1. The van der Waals surface area contributed by atoms with Crippen molar-refractivity contribution in [1.82, 2.24) is 15.2 Å². The highest BCUT2D eigenvalue weighted by atomic mass is 19.2. The van der Waals surface area contributed by atoms with E-state index in [0.29, 0.717) is 17.8 Å². The van der Waals surface area contributed by atoms with Crippen LogP contribution in [0.5, 0.6) is 0 Å². The van der Waals surface area contributed by atoms with Crippen molar-refractivity contribution >= 4 is 11.5 Å². The summed E-state index contributed by atoms with van der Waals surface area (Å²) < 4.78 is 26.4. The van der Waals surface area contributed by atoms with Crippen LogP contribution in [-0.4, -0.2) is 42.6 Å². The molecular weight excluding hydrogens is 358 g/mol. The Labute approximate surface area is 165 Å². The first-order valence-electron chi connectivity index (χ1n) is 9.79. The Hall–Kier alpha value is -2.47. The average Bonchev–Trinajstić information content (AvgIpc) is 2.69. The van der Waals surface area contributed by atoms with Gasteiger partial charge >= 0.3 is 0 Å². The number of aryl methyl sites for hydroxylation is 1. The number of hydrogen-bond acceptors (Lipinski definition) is 4. The molecule has 0 saturated carbocycles. The van der Waals surface area contributed by atoms with Crippen LogP contribution < -0.4 is 10.2 Å². The first-order valence-corrected chi connectivity index (χ1v) is 9.79. The number of nitrogens with zero attached hydrogens (tertiary/aromatic N) is 3. The summed E-state index contributed by atoms with van der Waals surface area (Å²) in [5.41, 5.74) is 3.37. The first-order chi connectivity index (χ1) is 13.5. The molecule has 0 bridgehead atoms. The lowest BCUT2D eigenvalue weighted by atomic mass is 10.1. The van der Waals surface area contributed by atoms with E-state index in [9.17, 15) is 8.78 Å². The molecule has 4 nitrogen and oxygen atoms in total. The summed E-state index contributed by atoms with van der Waals surface area (Å²) in [5.74, 6) is -0.660. The Morgan fingerprint density at radius 2 is 1.89 bits per heavy atom. The molecule has 2 aromatic rings. The maximum atomic E-state index is 13.3. The molecule has 1 saturated heterocycles. The van der Waals surface area contributed by atoms with Crippen molar-refractivity contribution in [2.24, 2.45) is 0 Å². The van der Waals surface area contributed by atoms with Crippen LogP contribution in [0.3, 0.4) is 0 Å². The predicted octanol–water partition coefficient (Wildman–Crippen LogP) is 3.96. The van der Waals surface area contributed by atoms with E-state index in [4.69, 9.17) is 0 Å². The van der Waals surface area contributed by atoms with Gasteiger partial charge in [0.15, 0.2) is 11.6 Å². The lowest BCUT2D eigenvalue weighted by molar-refractivity contribution is 0.258. The zero-order valence-electron chi connectivity index (χ0n) is 16.6. The Morgan fingerprint density at radius 1 is 1.14 bits per heavy atom. The first kappa shape index (κ1) is 20.3. The lowest BCUT2D eigenvalue weighted by Crippen LogP contribution is -2.47. The standard InChI is InChI=1S/C22H28F2N4/c1-4-7-27-8-10-28(11-9-27)22-16(2)12-19(15-26-22)17(3)25-14-18-5-6-20(23)21(24)13-18/h5-6,12-13,15,25H,3-4,7-11,14H2,1-2H3. The van der Waals surface area contributed by atoms with Crippen molar-refractivity contribution in [3.63, 3.8) is 0 Å². The van der Waals surface area contributed by atoms with Gasteiger partial charge in [-0.2, -0.15) is 0 Å². The summed E-state index contributed by atoms with van der Waals surface area (Å²) in [6, 6.07) is 5.96. The van der Waals surface area contributed by atoms with Crippen molar-refractivity contribution in [2.75, 3.05) is 37.6 Å². The number of hydrogen-bond donors (Lipinski definition) is 1. The second kappa shape index (κ2) is 9.15. The highest BCUT2D eigenvalue weighted by Crippen LogP contribution is 2.22. The highest BCUT2D eigenvalue weighted by Gasteiger charge is 2.19. The molecule has 1 aliphatic rings. The lowest BCUT2D eigenvalue weighted by Gasteiger charge is -2.36. The number of anilines is 1. The minimum atomic E-state index is -0.842. The number of aromatic nitrogens is 1. The topological polar surface area (TPSA) is 31.4 Å². The molecule has 6 heteroatoms.